The minimum absolute atomic E-state index is 0.126. The number of amides is 1. The van der Waals surface area contributed by atoms with Crippen LogP contribution in [0.2, 0.25) is 4.34 Å². The molecule has 1 heterocycles. The van der Waals surface area contributed by atoms with Crippen LogP contribution in [-0.2, 0) is 4.79 Å². The Balaban J connectivity index is 2.73. The van der Waals surface area contributed by atoms with Gasteiger partial charge < -0.3 is 5.32 Å². The Bertz CT molecular complexity index is 452. The topological polar surface area (TPSA) is 52.9 Å². The van der Waals surface area contributed by atoms with E-state index in [0.717, 1.165) is 4.88 Å². The van der Waals surface area contributed by atoms with Crippen LogP contribution in [0.15, 0.2) is 12.1 Å². The monoisotopic (exact) mass is 270 g/mol. The first kappa shape index (κ1) is 14.0. The average molecular weight is 271 g/mol. The molecule has 0 aliphatic carbocycles. The van der Waals surface area contributed by atoms with Crippen LogP contribution in [0.1, 0.15) is 38.1 Å². The molecule has 0 fully saturated rings. The Morgan fingerprint density at radius 1 is 1.71 bits per heavy atom. The lowest BCUT2D eigenvalue weighted by atomic mass is 9.88. The van der Waals surface area contributed by atoms with Gasteiger partial charge >= 0.3 is 0 Å². The molecule has 1 aromatic rings. The van der Waals surface area contributed by atoms with Gasteiger partial charge in [0.2, 0.25) is 5.91 Å². The van der Waals surface area contributed by atoms with Crippen molar-refractivity contribution in [1.82, 2.24) is 5.32 Å². The predicted octanol–water partition coefficient (Wildman–Crippen LogP) is 3.52. The van der Waals surface area contributed by atoms with Gasteiger partial charge in [0.1, 0.15) is 5.41 Å². The van der Waals surface area contributed by atoms with Crippen molar-refractivity contribution in [2.75, 3.05) is 0 Å². The van der Waals surface area contributed by atoms with Crippen molar-refractivity contribution in [1.29, 1.82) is 5.26 Å². The second-order valence-corrected chi connectivity index (χ2v) is 5.88. The lowest BCUT2D eigenvalue weighted by Gasteiger charge is -2.21. The quantitative estimate of drug-likeness (QED) is 0.910. The molecule has 0 radical (unpaired) electrons. The Labute approximate surface area is 110 Å². The van der Waals surface area contributed by atoms with Crippen LogP contribution in [0.5, 0.6) is 0 Å². The Morgan fingerprint density at radius 3 is 2.76 bits per heavy atom. The normalized spacial score (nSPS) is 15.7. The molecule has 0 saturated heterocycles. The van der Waals surface area contributed by atoms with E-state index < -0.39 is 5.41 Å². The SMILES string of the molecule is CCC(C)(C#N)C(=O)NC(C)c1ccc(Cl)s1. The van der Waals surface area contributed by atoms with Gasteiger partial charge in [0.25, 0.3) is 0 Å². The van der Waals surface area contributed by atoms with Crippen LogP contribution in [0, 0.1) is 16.7 Å². The molecule has 0 spiro atoms. The smallest absolute Gasteiger partial charge is 0.240 e. The van der Waals surface area contributed by atoms with Crippen LogP contribution < -0.4 is 5.32 Å². The summed E-state index contributed by atoms with van der Waals surface area (Å²) in [4.78, 5) is 12.9. The Hall–Kier alpha value is -1.05. The molecular weight excluding hydrogens is 256 g/mol. The summed E-state index contributed by atoms with van der Waals surface area (Å²) in [5, 5.41) is 11.9. The summed E-state index contributed by atoms with van der Waals surface area (Å²) >= 11 is 7.27. The Kier molecular flexibility index (Phi) is 4.55. The maximum atomic E-state index is 12.0. The van der Waals surface area contributed by atoms with Crippen molar-refractivity contribution in [3.8, 4) is 6.07 Å². The fourth-order valence-electron chi connectivity index (χ4n) is 1.28. The standard InChI is InChI=1S/C12H15ClN2OS/c1-4-12(3,7-14)11(16)15-8(2)9-5-6-10(13)17-9/h5-6,8H,4H2,1-3H3,(H,15,16). The van der Waals surface area contributed by atoms with E-state index in [1.165, 1.54) is 11.3 Å². The summed E-state index contributed by atoms with van der Waals surface area (Å²) in [6, 6.07) is 5.61. The largest absolute Gasteiger partial charge is 0.347 e. The molecule has 0 aliphatic heterocycles. The minimum Gasteiger partial charge on any atom is -0.347 e. The molecular formula is C12H15ClN2OS. The van der Waals surface area contributed by atoms with E-state index in [4.69, 9.17) is 16.9 Å². The highest BCUT2D eigenvalue weighted by Crippen LogP contribution is 2.28. The van der Waals surface area contributed by atoms with Crippen molar-refractivity contribution in [2.24, 2.45) is 5.41 Å². The fourth-order valence-corrected chi connectivity index (χ4v) is 2.34. The van der Waals surface area contributed by atoms with Crippen molar-refractivity contribution in [3.05, 3.63) is 21.3 Å². The second kappa shape index (κ2) is 5.52. The number of halogens is 1. The number of nitriles is 1. The van der Waals surface area contributed by atoms with Crippen molar-refractivity contribution in [2.45, 2.75) is 33.2 Å². The van der Waals surface area contributed by atoms with Crippen LogP contribution >= 0.6 is 22.9 Å². The van der Waals surface area contributed by atoms with Gasteiger partial charge in [-0.25, -0.2) is 0 Å². The van der Waals surface area contributed by atoms with Crippen molar-refractivity contribution in [3.63, 3.8) is 0 Å². The molecule has 17 heavy (non-hydrogen) atoms. The average Bonchev–Trinajstić information content (AvgIpc) is 2.74. The van der Waals surface area contributed by atoms with Gasteiger partial charge in [-0.2, -0.15) is 5.26 Å². The number of nitrogens with zero attached hydrogens (tertiary/aromatic N) is 1. The Morgan fingerprint density at radius 2 is 2.35 bits per heavy atom. The molecule has 1 rings (SSSR count). The number of rotatable bonds is 4. The molecule has 0 saturated carbocycles. The molecule has 2 atom stereocenters. The highest BCUT2D eigenvalue weighted by molar-refractivity contribution is 7.16. The number of nitrogens with one attached hydrogen (secondary N) is 1. The highest BCUT2D eigenvalue weighted by atomic mass is 35.5. The van der Waals surface area contributed by atoms with Crippen LogP contribution in [-0.4, -0.2) is 5.91 Å². The third-order valence-electron chi connectivity index (χ3n) is 2.82. The molecule has 3 nitrogen and oxygen atoms in total. The molecule has 0 aromatic carbocycles. The van der Waals surface area contributed by atoms with E-state index in [2.05, 4.69) is 11.4 Å². The zero-order chi connectivity index (χ0) is 13.1. The third-order valence-corrected chi connectivity index (χ3v) is 4.24. The van der Waals surface area contributed by atoms with Gasteiger partial charge in [-0.05, 0) is 32.4 Å². The van der Waals surface area contributed by atoms with Crippen molar-refractivity contribution < 1.29 is 4.79 Å². The first-order chi connectivity index (χ1) is 7.92. The van der Waals surface area contributed by atoms with Crippen LogP contribution in [0.4, 0.5) is 0 Å². The van der Waals surface area contributed by atoms with E-state index in [9.17, 15) is 4.79 Å². The first-order valence-corrected chi connectivity index (χ1v) is 6.60. The van der Waals surface area contributed by atoms with E-state index in [1.54, 1.807) is 13.0 Å². The molecule has 1 N–H and O–H groups in total. The maximum Gasteiger partial charge on any atom is 0.240 e. The van der Waals surface area contributed by atoms with E-state index in [1.807, 2.05) is 19.9 Å². The number of carbonyl (C=O) groups excluding carboxylic acids is 1. The lowest BCUT2D eigenvalue weighted by Crippen LogP contribution is -2.38. The summed E-state index contributed by atoms with van der Waals surface area (Å²) in [6.45, 7) is 5.36. The third kappa shape index (κ3) is 3.21. The molecule has 1 amide bonds. The molecule has 5 heteroatoms. The molecule has 0 bridgehead atoms. The predicted molar refractivity (Wildman–Crippen MR) is 69.9 cm³/mol. The summed E-state index contributed by atoms with van der Waals surface area (Å²) in [6.07, 6.45) is 0.493. The molecule has 0 aliphatic rings. The van der Waals surface area contributed by atoms with Gasteiger partial charge in [0.15, 0.2) is 0 Å². The van der Waals surface area contributed by atoms with Gasteiger partial charge in [-0.1, -0.05) is 18.5 Å². The molecule has 1 aromatic heterocycles. The van der Waals surface area contributed by atoms with Gasteiger partial charge in [0.05, 0.1) is 16.4 Å². The highest BCUT2D eigenvalue weighted by Gasteiger charge is 2.32. The summed E-state index contributed by atoms with van der Waals surface area (Å²) in [5.74, 6) is -0.237. The van der Waals surface area contributed by atoms with Gasteiger partial charge in [-0.3, -0.25) is 4.79 Å². The summed E-state index contributed by atoms with van der Waals surface area (Å²) < 4.78 is 0.694. The first-order valence-electron chi connectivity index (χ1n) is 5.40. The zero-order valence-electron chi connectivity index (χ0n) is 10.1. The lowest BCUT2D eigenvalue weighted by molar-refractivity contribution is -0.128. The molecule has 92 valence electrons. The van der Waals surface area contributed by atoms with E-state index in [0.29, 0.717) is 10.8 Å². The number of hydrogen-bond acceptors (Lipinski definition) is 3. The minimum atomic E-state index is -0.963. The van der Waals surface area contributed by atoms with E-state index >= 15 is 0 Å². The number of hydrogen-bond donors (Lipinski definition) is 1. The van der Waals surface area contributed by atoms with E-state index in [-0.39, 0.29) is 11.9 Å². The fraction of sp³-hybridized carbons (Fsp3) is 0.500. The van der Waals surface area contributed by atoms with Crippen LogP contribution in [0.25, 0.3) is 0 Å². The number of carbonyl (C=O) groups is 1. The van der Waals surface area contributed by atoms with Crippen molar-refractivity contribution >= 4 is 28.8 Å². The maximum absolute atomic E-state index is 12.0. The van der Waals surface area contributed by atoms with Crippen LogP contribution in [0.3, 0.4) is 0 Å². The van der Waals surface area contributed by atoms with Gasteiger partial charge in [-0.15, -0.1) is 11.3 Å². The van der Waals surface area contributed by atoms with Gasteiger partial charge in [0, 0.05) is 4.88 Å². The zero-order valence-corrected chi connectivity index (χ0v) is 11.7. The number of thiophene rings is 1. The molecule has 2 unspecified atom stereocenters. The summed E-state index contributed by atoms with van der Waals surface area (Å²) in [5.41, 5.74) is -0.963. The summed E-state index contributed by atoms with van der Waals surface area (Å²) in [7, 11) is 0. The second-order valence-electron chi connectivity index (χ2n) is 4.13.